The molecular weight excluding hydrogens is 284 g/mol. The first-order valence-electron chi connectivity index (χ1n) is 7.27. The van der Waals surface area contributed by atoms with Crippen molar-refractivity contribution in [2.24, 2.45) is 0 Å². The fourth-order valence-electron chi connectivity index (χ4n) is 1.98. The Kier molecular flexibility index (Phi) is 5.67. The number of nitrogens with one attached hydrogen (secondary N) is 2. The van der Waals surface area contributed by atoms with Crippen LogP contribution in [0, 0.1) is 0 Å². The molecular formula is C16H22N2O2S. The molecule has 114 valence electrons. The van der Waals surface area contributed by atoms with E-state index in [1.165, 1.54) is 11.8 Å². The van der Waals surface area contributed by atoms with Crippen molar-refractivity contribution in [1.29, 1.82) is 0 Å². The normalized spacial score (nSPS) is 16.9. The maximum Gasteiger partial charge on any atom is 0.243 e. The first kappa shape index (κ1) is 15.9. The molecule has 0 spiro atoms. The number of hydrogen-bond acceptors (Lipinski definition) is 3. The second kappa shape index (κ2) is 7.50. The second-order valence-corrected chi connectivity index (χ2v) is 6.59. The first-order valence-corrected chi connectivity index (χ1v) is 8.56. The standard InChI is InChI=1S/C16H22N2O2S/c1-11(21-2)15(19)18-14(16(20)17-13-8-9-13)10-12-6-4-3-5-7-12/h3-7,11,13-14H,8-10H2,1-2H3,(H,17,20)(H,18,19). The van der Waals surface area contributed by atoms with Gasteiger partial charge in [0.2, 0.25) is 11.8 Å². The lowest BCUT2D eigenvalue weighted by Crippen LogP contribution is -2.50. The van der Waals surface area contributed by atoms with E-state index < -0.39 is 6.04 Å². The molecule has 1 aromatic carbocycles. The van der Waals surface area contributed by atoms with Gasteiger partial charge >= 0.3 is 0 Å². The lowest BCUT2D eigenvalue weighted by Gasteiger charge is -2.20. The Hall–Kier alpha value is -1.49. The van der Waals surface area contributed by atoms with Crippen molar-refractivity contribution < 1.29 is 9.59 Å². The van der Waals surface area contributed by atoms with Crippen LogP contribution in [0.4, 0.5) is 0 Å². The summed E-state index contributed by atoms with van der Waals surface area (Å²) in [6.45, 7) is 1.85. The Morgan fingerprint density at radius 2 is 1.90 bits per heavy atom. The lowest BCUT2D eigenvalue weighted by molar-refractivity contribution is -0.128. The van der Waals surface area contributed by atoms with Crippen LogP contribution in [0.5, 0.6) is 0 Å². The van der Waals surface area contributed by atoms with Crippen molar-refractivity contribution in [3.8, 4) is 0 Å². The quantitative estimate of drug-likeness (QED) is 0.807. The van der Waals surface area contributed by atoms with E-state index in [0.717, 1.165) is 18.4 Å². The molecule has 4 nitrogen and oxygen atoms in total. The third-order valence-corrected chi connectivity index (χ3v) is 4.48. The van der Waals surface area contributed by atoms with Gasteiger partial charge in [-0.2, -0.15) is 11.8 Å². The number of hydrogen-bond donors (Lipinski definition) is 2. The maximum atomic E-state index is 12.3. The van der Waals surface area contributed by atoms with Crippen molar-refractivity contribution in [2.75, 3.05) is 6.26 Å². The molecule has 21 heavy (non-hydrogen) atoms. The number of carbonyl (C=O) groups is 2. The molecule has 1 fully saturated rings. The van der Waals surface area contributed by atoms with Crippen molar-refractivity contribution in [3.63, 3.8) is 0 Å². The summed E-state index contributed by atoms with van der Waals surface area (Å²) < 4.78 is 0. The Morgan fingerprint density at radius 1 is 1.24 bits per heavy atom. The Balaban J connectivity index is 2.01. The van der Waals surface area contributed by atoms with E-state index in [-0.39, 0.29) is 17.1 Å². The van der Waals surface area contributed by atoms with Gasteiger partial charge in [0.05, 0.1) is 5.25 Å². The van der Waals surface area contributed by atoms with Crippen LogP contribution in [0.1, 0.15) is 25.3 Å². The summed E-state index contributed by atoms with van der Waals surface area (Å²) in [5.41, 5.74) is 1.05. The van der Waals surface area contributed by atoms with E-state index in [2.05, 4.69) is 10.6 Å². The SMILES string of the molecule is CSC(C)C(=O)NC(Cc1ccccc1)C(=O)NC1CC1. The smallest absolute Gasteiger partial charge is 0.243 e. The van der Waals surface area contributed by atoms with Gasteiger partial charge in [0.15, 0.2) is 0 Å². The molecule has 0 heterocycles. The Morgan fingerprint density at radius 3 is 2.48 bits per heavy atom. The van der Waals surface area contributed by atoms with Crippen molar-refractivity contribution in [3.05, 3.63) is 35.9 Å². The fraction of sp³-hybridized carbons (Fsp3) is 0.500. The third-order valence-electron chi connectivity index (χ3n) is 3.56. The van der Waals surface area contributed by atoms with Gasteiger partial charge in [-0.3, -0.25) is 9.59 Å². The molecule has 0 aliphatic heterocycles. The van der Waals surface area contributed by atoms with Crippen LogP contribution < -0.4 is 10.6 Å². The van der Waals surface area contributed by atoms with Crippen LogP contribution in [0.3, 0.4) is 0 Å². The predicted octanol–water partition coefficient (Wildman–Crippen LogP) is 1.74. The fourth-order valence-corrected chi connectivity index (χ4v) is 2.27. The molecule has 0 radical (unpaired) electrons. The summed E-state index contributed by atoms with van der Waals surface area (Å²) in [5.74, 6) is -0.169. The van der Waals surface area contributed by atoms with Gasteiger partial charge in [-0.1, -0.05) is 30.3 Å². The lowest BCUT2D eigenvalue weighted by atomic mass is 10.0. The van der Waals surface area contributed by atoms with E-state index in [4.69, 9.17) is 0 Å². The molecule has 2 rings (SSSR count). The van der Waals surface area contributed by atoms with E-state index >= 15 is 0 Å². The van der Waals surface area contributed by atoms with Crippen LogP contribution in [-0.4, -0.2) is 35.4 Å². The second-order valence-electron chi connectivity index (χ2n) is 5.41. The highest BCUT2D eigenvalue weighted by Gasteiger charge is 2.29. The maximum absolute atomic E-state index is 12.3. The van der Waals surface area contributed by atoms with E-state index in [9.17, 15) is 9.59 Å². The van der Waals surface area contributed by atoms with Crippen LogP contribution >= 0.6 is 11.8 Å². The van der Waals surface area contributed by atoms with E-state index in [0.29, 0.717) is 12.5 Å². The molecule has 0 saturated heterocycles. The molecule has 0 aromatic heterocycles. The number of thioether (sulfide) groups is 1. The van der Waals surface area contributed by atoms with Crippen LogP contribution in [0.25, 0.3) is 0 Å². The zero-order valence-corrected chi connectivity index (χ0v) is 13.3. The molecule has 1 aromatic rings. The minimum absolute atomic E-state index is 0.0805. The molecule has 1 aliphatic carbocycles. The van der Waals surface area contributed by atoms with Gasteiger partial charge in [0, 0.05) is 12.5 Å². The zero-order valence-electron chi connectivity index (χ0n) is 12.5. The summed E-state index contributed by atoms with van der Waals surface area (Å²) in [6, 6.07) is 9.57. The monoisotopic (exact) mass is 306 g/mol. The highest BCUT2D eigenvalue weighted by atomic mass is 32.2. The van der Waals surface area contributed by atoms with Crippen LogP contribution in [0.2, 0.25) is 0 Å². The van der Waals surface area contributed by atoms with Crippen LogP contribution in [-0.2, 0) is 16.0 Å². The first-order chi connectivity index (χ1) is 10.1. The number of amides is 2. The molecule has 5 heteroatoms. The van der Waals surface area contributed by atoms with Gasteiger partial charge in [-0.05, 0) is 31.6 Å². The molecule has 2 unspecified atom stereocenters. The van der Waals surface area contributed by atoms with Crippen molar-refractivity contribution in [2.45, 2.75) is 43.5 Å². The van der Waals surface area contributed by atoms with Gasteiger partial charge in [0.1, 0.15) is 6.04 Å². The van der Waals surface area contributed by atoms with E-state index in [1.54, 1.807) is 0 Å². The number of carbonyl (C=O) groups excluding carboxylic acids is 2. The summed E-state index contributed by atoms with van der Waals surface area (Å²) in [4.78, 5) is 24.4. The average molecular weight is 306 g/mol. The molecule has 1 saturated carbocycles. The van der Waals surface area contributed by atoms with Gasteiger partial charge in [-0.15, -0.1) is 0 Å². The predicted molar refractivity (Wildman–Crippen MR) is 86.2 cm³/mol. The van der Waals surface area contributed by atoms with Crippen molar-refractivity contribution >= 4 is 23.6 Å². The molecule has 2 N–H and O–H groups in total. The summed E-state index contributed by atoms with van der Waals surface area (Å²) in [7, 11) is 0. The van der Waals surface area contributed by atoms with Gasteiger partial charge < -0.3 is 10.6 Å². The molecule has 2 atom stereocenters. The average Bonchev–Trinajstić information content (AvgIpc) is 3.30. The summed E-state index contributed by atoms with van der Waals surface area (Å²) >= 11 is 1.48. The molecule has 0 bridgehead atoms. The Bertz CT molecular complexity index is 488. The third kappa shape index (κ3) is 5.08. The highest BCUT2D eigenvalue weighted by Crippen LogP contribution is 2.19. The molecule has 1 aliphatic rings. The van der Waals surface area contributed by atoms with Crippen LogP contribution in [0.15, 0.2) is 30.3 Å². The van der Waals surface area contributed by atoms with E-state index in [1.807, 2.05) is 43.5 Å². The Labute approximate surface area is 130 Å². The largest absolute Gasteiger partial charge is 0.352 e. The number of benzene rings is 1. The molecule has 2 amide bonds. The minimum atomic E-state index is -0.505. The van der Waals surface area contributed by atoms with Gasteiger partial charge in [0.25, 0.3) is 0 Å². The highest BCUT2D eigenvalue weighted by molar-refractivity contribution is 7.99. The number of rotatable bonds is 7. The van der Waals surface area contributed by atoms with Gasteiger partial charge in [-0.25, -0.2) is 0 Å². The van der Waals surface area contributed by atoms with Crippen molar-refractivity contribution in [1.82, 2.24) is 10.6 Å². The minimum Gasteiger partial charge on any atom is -0.352 e. The summed E-state index contributed by atoms with van der Waals surface area (Å²) in [5, 5.41) is 5.70. The summed E-state index contributed by atoms with van der Waals surface area (Å²) in [6.07, 6.45) is 4.49. The zero-order chi connectivity index (χ0) is 15.2. The topological polar surface area (TPSA) is 58.2 Å².